The summed E-state index contributed by atoms with van der Waals surface area (Å²) in [6, 6.07) is 4.33. The number of carbonyl (C=O) groups is 1. The predicted molar refractivity (Wildman–Crippen MR) is 87.7 cm³/mol. The van der Waals surface area contributed by atoms with Crippen molar-refractivity contribution in [3.05, 3.63) is 33.3 Å². The lowest BCUT2D eigenvalue weighted by Gasteiger charge is -2.34. The Balaban J connectivity index is 2.03. The molecule has 23 heavy (non-hydrogen) atoms. The van der Waals surface area contributed by atoms with Crippen LogP contribution in [0.25, 0.3) is 0 Å². The number of carbonyl (C=O) groups excluding carboxylic acids is 1. The van der Waals surface area contributed by atoms with E-state index in [9.17, 15) is 14.9 Å². The van der Waals surface area contributed by atoms with Crippen LogP contribution in [0.1, 0.15) is 25.7 Å². The number of aliphatic hydroxyl groups is 1. The zero-order valence-corrected chi connectivity index (χ0v) is 13.5. The molecule has 1 amide bonds. The van der Waals surface area contributed by atoms with Crippen LogP contribution in [0, 0.1) is 10.1 Å². The van der Waals surface area contributed by atoms with E-state index in [4.69, 9.17) is 16.7 Å². The molecule has 1 heterocycles. The van der Waals surface area contributed by atoms with Gasteiger partial charge in [-0.05, 0) is 37.9 Å². The van der Waals surface area contributed by atoms with Crippen LogP contribution in [-0.4, -0.2) is 46.6 Å². The molecule has 126 valence electrons. The zero-order chi connectivity index (χ0) is 16.8. The first-order valence-electron chi connectivity index (χ1n) is 7.60. The normalized spacial score (nSPS) is 18.6. The predicted octanol–water partition coefficient (Wildman–Crippen LogP) is 2.42. The van der Waals surface area contributed by atoms with Crippen molar-refractivity contribution < 1.29 is 14.8 Å². The zero-order valence-electron chi connectivity index (χ0n) is 12.7. The fraction of sp³-hybridized carbons (Fsp3) is 0.533. The van der Waals surface area contributed by atoms with Gasteiger partial charge in [0.2, 0.25) is 5.91 Å². The monoisotopic (exact) mass is 341 g/mol. The lowest BCUT2D eigenvalue weighted by Crippen LogP contribution is -2.44. The van der Waals surface area contributed by atoms with Gasteiger partial charge >= 0.3 is 0 Å². The summed E-state index contributed by atoms with van der Waals surface area (Å²) < 4.78 is 0. The number of nitrogens with one attached hydrogen (secondary N) is 1. The standard InChI is InChI=1S/C15H20ClN3O4/c16-11-4-5-13(14(9-11)19(22)23)17-15(21)10-18-7-2-1-3-12(18)6-8-20/h4-5,9,12,20H,1-3,6-8,10H2,(H,17,21). The van der Waals surface area contributed by atoms with Crippen molar-refractivity contribution in [2.24, 2.45) is 0 Å². The van der Waals surface area contributed by atoms with Gasteiger partial charge < -0.3 is 10.4 Å². The molecule has 8 heteroatoms. The maximum absolute atomic E-state index is 12.2. The smallest absolute Gasteiger partial charge is 0.294 e. The first-order valence-corrected chi connectivity index (χ1v) is 7.97. The molecule has 1 fully saturated rings. The van der Waals surface area contributed by atoms with E-state index in [1.54, 1.807) is 0 Å². The van der Waals surface area contributed by atoms with E-state index in [-0.39, 0.29) is 41.5 Å². The quantitative estimate of drug-likeness (QED) is 0.612. The summed E-state index contributed by atoms with van der Waals surface area (Å²) >= 11 is 5.76. The van der Waals surface area contributed by atoms with E-state index >= 15 is 0 Å². The molecule has 1 aromatic rings. The highest BCUT2D eigenvalue weighted by molar-refractivity contribution is 6.31. The number of rotatable bonds is 6. The highest BCUT2D eigenvalue weighted by Crippen LogP contribution is 2.28. The molecule has 0 spiro atoms. The lowest BCUT2D eigenvalue weighted by atomic mass is 9.99. The Bertz CT molecular complexity index is 580. The SMILES string of the molecule is O=C(CN1CCCCC1CCO)Nc1ccc(Cl)cc1[N+](=O)[O-]. The summed E-state index contributed by atoms with van der Waals surface area (Å²) in [6.07, 6.45) is 3.69. The fourth-order valence-electron chi connectivity index (χ4n) is 2.88. The number of nitrogens with zero attached hydrogens (tertiary/aromatic N) is 2. The lowest BCUT2D eigenvalue weighted by molar-refractivity contribution is -0.383. The van der Waals surface area contributed by atoms with E-state index in [1.807, 2.05) is 4.90 Å². The van der Waals surface area contributed by atoms with E-state index in [2.05, 4.69) is 5.32 Å². The number of hydrogen-bond donors (Lipinski definition) is 2. The van der Waals surface area contributed by atoms with Gasteiger partial charge in [0.15, 0.2) is 0 Å². The third-order valence-electron chi connectivity index (χ3n) is 3.99. The van der Waals surface area contributed by atoms with Crippen molar-refractivity contribution in [2.45, 2.75) is 31.7 Å². The molecular formula is C15H20ClN3O4. The number of hydrogen-bond acceptors (Lipinski definition) is 5. The van der Waals surface area contributed by atoms with Crippen LogP contribution >= 0.6 is 11.6 Å². The Labute approximate surface area is 139 Å². The highest BCUT2D eigenvalue weighted by Gasteiger charge is 2.24. The van der Waals surface area contributed by atoms with Gasteiger partial charge in [0.05, 0.1) is 11.5 Å². The van der Waals surface area contributed by atoms with Gasteiger partial charge in [-0.15, -0.1) is 0 Å². The Kier molecular flexibility index (Phi) is 6.32. The first-order chi connectivity index (χ1) is 11.0. The minimum atomic E-state index is -0.572. The Hall–Kier alpha value is -1.70. The summed E-state index contributed by atoms with van der Waals surface area (Å²) in [6.45, 7) is 1.04. The van der Waals surface area contributed by atoms with Gasteiger partial charge in [-0.25, -0.2) is 0 Å². The Morgan fingerprint density at radius 1 is 1.48 bits per heavy atom. The molecule has 0 saturated carbocycles. The Morgan fingerprint density at radius 2 is 2.26 bits per heavy atom. The number of nitro groups is 1. The van der Waals surface area contributed by atoms with Crippen LogP contribution < -0.4 is 5.32 Å². The summed E-state index contributed by atoms with van der Waals surface area (Å²) in [7, 11) is 0. The number of piperidine rings is 1. The van der Waals surface area contributed by atoms with Crippen LogP contribution in [0.3, 0.4) is 0 Å². The first kappa shape index (κ1) is 17.7. The van der Waals surface area contributed by atoms with Gasteiger partial charge in [0.25, 0.3) is 5.69 Å². The molecule has 1 atom stereocenters. The van der Waals surface area contributed by atoms with Crippen molar-refractivity contribution in [1.29, 1.82) is 0 Å². The second-order valence-electron chi connectivity index (χ2n) is 5.60. The average Bonchev–Trinajstić information content (AvgIpc) is 2.51. The van der Waals surface area contributed by atoms with Crippen molar-refractivity contribution in [2.75, 3.05) is 25.0 Å². The molecule has 2 rings (SSSR count). The van der Waals surface area contributed by atoms with Crippen LogP contribution in [0.5, 0.6) is 0 Å². The van der Waals surface area contributed by atoms with Crippen LogP contribution in [-0.2, 0) is 4.79 Å². The topological polar surface area (TPSA) is 95.7 Å². The third kappa shape index (κ3) is 4.89. The molecule has 2 N–H and O–H groups in total. The summed E-state index contributed by atoms with van der Waals surface area (Å²) in [5.41, 5.74) is -0.0866. The molecule has 0 bridgehead atoms. The van der Waals surface area contributed by atoms with Crippen molar-refractivity contribution >= 4 is 28.9 Å². The van der Waals surface area contributed by atoms with Gasteiger partial charge in [-0.1, -0.05) is 18.0 Å². The maximum Gasteiger partial charge on any atom is 0.294 e. The second kappa shape index (κ2) is 8.24. The van der Waals surface area contributed by atoms with Crippen LogP contribution in [0.4, 0.5) is 11.4 Å². The van der Waals surface area contributed by atoms with E-state index in [1.165, 1.54) is 18.2 Å². The number of likely N-dealkylation sites (tertiary alicyclic amines) is 1. The van der Waals surface area contributed by atoms with Gasteiger partial charge in [0, 0.05) is 23.7 Å². The molecule has 1 aliphatic rings. The molecule has 1 aromatic carbocycles. The molecule has 7 nitrogen and oxygen atoms in total. The third-order valence-corrected chi connectivity index (χ3v) is 4.22. The molecule has 0 aromatic heterocycles. The average molecular weight is 342 g/mol. The molecular weight excluding hydrogens is 322 g/mol. The van der Waals surface area contributed by atoms with Crippen molar-refractivity contribution in [3.63, 3.8) is 0 Å². The van der Waals surface area contributed by atoms with Crippen molar-refractivity contribution in [3.8, 4) is 0 Å². The van der Waals surface area contributed by atoms with Gasteiger partial charge in [0.1, 0.15) is 5.69 Å². The van der Waals surface area contributed by atoms with Crippen LogP contribution in [0.15, 0.2) is 18.2 Å². The van der Waals surface area contributed by atoms with Gasteiger partial charge in [-0.3, -0.25) is 19.8 Å². The van der Waals surface area contributed by atoms with Gasteiger partial charge in [-0.2, -0.15) is 0 Å². The summed E-state index contributed by atoms with van der Waals surface area (Å²) in [4.78, 5) is 24.7. The number of halogens is 1. The van der Waals surface area contributed by atoms with E-state index in [0.29, 0.717) is 6.42 Å². The largest absolute Gasteiger partial charge is 0.396 e. The maximum atomic E-state index is 12.2. The van der Waals surface area contributed by atoms with E-state index < -0.39 is 4.92 Å². The van der Waals surface area contributed by atoms with E-state index in [0.717, 1.165) is 25.8 Å². The molecule has 1 aliphatic heterocycles. The summed E-state index contributed by atoms with van der Waals surface area (Å²) in [5.74, 6) is -0.305. The summed E-state index contributed by atoms with van der Waals surface area (Å²) in [5, 5.41) is 23.0. The molecule has 1 saturated heterocycles. The minimum Gasteiger partial charge on any atom is -0.396 e. The Morgan fingerprint density at radius 3 is 2.96 bits per heavy atom. The molecule has 1 unspecified atom stereocenters. The number of benzene rings is 1. The number of aliphatic hydroxyl groups excluding tert-OH is 1. The number of anilines is 1. The molecule has 0 aliphatic carbocycles. The fourth-order valence-corrected chi connectivity index (χ4v) is 3.05. The number of nitro benzene ring substituents is 1. The molecule has 0 radical (unpaired) electrons. The van der Waals surface area contributed by atoms with Crippen LogP contribution in [0.2, 0.25) is 5.02 Å². The minimum absolute atomic E-state index is 0.0887. The second-order valence-corrected chi connectivity index (χ2v) is 6.04. The van der Waals surface area contributed by atoms with Crippen molar-refractivity contribution in [1.82, 2.24) is 4.90 Å². The highest BCUT2D eigenvalue weighted by atomic mass is 35.5. The number of amides is 1.